The molecule has 2 fully saturated rings. The van der Waals surface area contributed by atoms with Crippen molar-refractivity contribution in [3.8, 4) is 11.5 Å². The molecule has 5 heteroatoms. The van der Waals surface area contributed by atoms with Gasteiger partial charge in [0.1, 0.15) is 0 Å². The Morgan fingerprint density at radius 1 is 1.21 bits per heavy atom. The predicted molar refractivity (Wildman–Crippen MR) is 131 cm³/mol. The summed E-state index contributed by atoms with van der Waals surface area (Å²) >= 11 is 0. The molecule has 2 bridgehead atoms. The van der Waals surface area contributed by atoms with Gasteiger partial charge in [0.15, 0.2) is 23.4 Å². The molecule has 0 N–H and O–H groups in total. The van der Waals surface area contributed by atoms with Gasteiger partial charge in [0, 0.05) is 37.7 Å². The highest BCUT2D eigenvalue weighted by molar-refractivity contribution is 5.90. The number of benzene rings is 2. The third-order valence-electron chi connectivity index (χ3n) is 8.71. The quantitative estimate of drug-likeness (QED) is 0.436. The summed E-state index contributed by atoms with van der Waals surface area (Å²) in [5.41, 5.74) is 2.89. The number of methoxy groups -OCH3 is 1. The van der Waals surface area contributed by atoms with Crippen molar-refractivity contribution in [3.05, 3.63) is 71.8 Å². The van der Waals surface area contributed by atoms with E-state index in [2.05, 4.69) is 47.9 Å². The van der Waals surface area contributed by atoms with Crippen LogP contribution in [-0.4, -0.2) is 55.2 Å². The van der Waals surface area contributed by atoms with Gasteiger partial charge in [-0.3, -0.25) is 9.69 Å². The largest absolute Gasteiger partial charge is 0.493 e. The molecule has 178 valence electrons. The Hall–Kier alpha value is -2.63. The van der Waals surface area contributed by atoms with Crippen LogP contribution in [0.5, 0.6) is 11.5 Å². The Morgan fingerprint density at radius 3 is 2.85 bits per heavy atom. The molecular weight excluding hydrogens is 426 g/mol. The molecule has 6 rings (SSSR count). The standard InChI is InChI=1S/C29H33NO4/c1-3-16-30-17-15-28-25-21-11-12-23(32-2)26(25)34-27(28)22(31)13-14-29(28,24(30)19-21)33-18-7-10-20-8-5-4-6-9-20/h3-6,8-9,11-12,24,27H,1,7,10,13-19H2,2H3/t24-,27?,28+,29-/m1/s1. The van der Waals surface area contributed by atoms with Crippen LogP contribution >= 0.6 is 0 Å². The fourth-order valence-corrected chi connectivity index (χ4v) is 7.39. The van der Waals surface area contributed by atoms with Gasteiger partial charge in [0.25, 0.3) is 0 Å². The Kier molecular flexibility index (Phi) is 5.30. The van der Waals surface area contributed by atoms with Crippen LogP contribution in [0.25, 0.3) is 0 Å². The number of aryl methyl sites for hydroxylation is 1. The molecule has 0 aromatic heterocycles. The summed E-state index contributed by atoms with van der Waals surface area (Å²) in [4.78, 5) is 15.9. The summed E-state index contributed by atoms with van der Waals surface area (Å²) in [6.07, 6.45) is 6.42. The van der Waals surface area contributed by atoms with Crippen LogP contribution in [0.4, 0.5) is 0 Å². The maximum atomic E-state index is 13.3. The van der Waals surface area contributed by atoms with E-state index in [0.29, 0.717) is 13.0 Å². The third kappa shape index (κ3) is 2.89. The topological polar surface area (TPSA) is 48.0 Å². The van der Waals surface area contributed by atoms with Crippen molar-refractivity contribution in [1.29, 1.82) is 0 Å². The third-order valence-corrected chi connectivity index (χ3v) is 8.71. The maximum Gasteiger partial charge on any atom is 0.174 e. The van der Waals surface area contributed by atoms with E-state index in [-0.39, 0.29) is 11.8 Å². The molecule has 4 atom stereocenters. The van der Waals surface area contributed by atoms with E-state index in [1.54, 1.807) is 7.11 Å². The Bertz CT molecular complexity index is 1110. The van der Waals surface area contributed by atoms with E-state index in [9.17, 15) is 4.79 Å². The number of carbonyl (C=O) groups is 1. The Morgan fingerprint density at radius 2 is 2.06 bits per heavy atom. The van der Waals surface area contributed by atoms with Gasteiger partial charge < -0.3 is 14.2 Å². The number of Topliss-reactive ketones (excluding diaryl/α,β-unsaturated/α-hetero) is 1. The molecule has 1 spiro atoms. The van der Waals surface area contributed by atoms with Gasteiger partial charge in [-0.2, -0.15) is 0 Å². The van der Waals surface area contributed by atoms with Gasteiger partial charge in [-0.25, -0.2) is 0 Å². The normalized spacial score (nSPS) is 31.0. The van der Waals surface area contributed by atoms with Crippen molar-refractivity contribution < 1.29 is 19.0 Å². The predicted octanol–water partition coefficient (Wildman–Crippen LogP) is 4.26. The molecule has 0 radical (unpaired) electrons. The summed E-state index contributed by atoms with van der Waals surface area (Å²) in [5.74, 6) is 1.69. The number of piperidine rings is 1. The lowest BCUT2D eigenvalue weighted by Crippen LogP contribution is -2.77. The molecule has 2 aromatic carbocycles. The lowest BCUT2D eigenvalue weighted by molar-refractivity contribution is -0.212. The molecule has 2 aromatic rings. The highest BCUT2D eigenvalue weighted by atomic mass is 16.5. The molecule has 34 heavy (non-hydrogen) atoms. The van der Waals surface area contributed by atoms with E-state index >= 15 is 0 Å². The van der Waals surface area contributed by atoms with E-state index in [1.165, 1.54) is 16.7 Å². The molecule has 5 nitrogen and oxygen atoms in total. The van der Waals surface area contributed by atoms with Crippen molar-refractivity contribution in [2.75, 3.05) is 26.8 Å². The van der Waals surface area contributed by atoms with Crippen molar-refractivity contribution in [2.24, 2.45) is 0 Å². The van der Waals surface area contributed by atoms with Crippen LogP contribution in [0.3, 0.4) is 0 Å². The minimum absolute atomic E-state index is 0.196. The van der Waals surface area contributed by atoms with Crippen LogP contribution in [0.2, 0.25) is 0 Å². The first kappa shape index (κ1) is 21.9. The first-order valence-corrected chi connectivity index (χ1v) is 12.6. The van der Waals surface area contributed by atoms with Gasteiger partial charge >= 0.3 is 0 Å². The zero-order valence-electron chi connectivity index (χ0n) is 19.9. The molecule has 1 saturated heterocycles. The number of ether oxygens (including phenoxy) is 3. The highest BCUT2D eigenvalue weighted by Gasteiger charge is 2.74. The Balaban J connectivity index is 1.42. The average molecular weight is 460 g/mol. The van der Waals surface area contributed by atoms with Gasteiger partial charge in [0.05, 0.1) is 18.1 Å². The number of hydrogen-bond donors (Lipinski definition) is 0. The molecule has 1 unspecified atom stereocenters. The number of rotatable bonds is 8. The van der Waals surface area contributed by atoms with Crippen molar-refractivity contribution in [2.45, 2.75) is 61.7 Å². The fraction of sp³-hybridized carbons (Fsp3) is 0.483. The zero-order valence-corrected chi connectivity index (χ0v) is 19.9. The van der Waals surface area contributed by atoms with Crippen LogP contribution in [0.15, 0.2) is 55.1 Å². The van der Waals surface area contributed by atoms with E-state index in [1.807, 2.05) is 12.1 Å². The summed E-state index contributed by atoms with van der Waals surface area (Å²) in [7, 11) is 1.68. The molecule has 0 amide bonds. The van der Waals surface area contributed by atoms with Crippen LogP contribution in [0.1, 0.15) is 42.4 Å². The molecule has 2 aliphatic carbocycles. The summed E-state index contributed by atoms with van der Waals surface area (Å²) < 4.78 is 19.3. The van der Waals surface area contributed by atoms with Gasteiger partial charge in [-0.1, -0.05) is 42.5 Å². The summed E-state index contributed by atoms with van der Waals surface area (Å²) in [5, 5.41) is 0. The molecule has 2 heterocycles. The molecule has 1 saturated carbocycles. The van der Waals surface area contributed by atoms with Crippen molar-refractivity contribution >= 4 is 5.78 Å². The second-order valence-electron chi connectivity index (χ2n) is 10.1. The second-order valence-corrected chi connectivity index (χ2v) is 10.1. The van der Waals surface area contributed by atoms with Gasteiger partial charge in [-0.05, 0) is 49.3 Å². The lowest BCUT2D eigenvalue weighted by Gasteiger charge is -2.64. The number of likely N-dealkylation sites (tertiary alicyclic amines) is 1. The van der Waals surface area contributed by atoms with Crippen molar-refractivity contribution in [1.82, 2.24) is 4.90 Å². The van der Waals surface area contributed by atoms with E-state index in [0.717, 1.165) is 56.7 Å². The molecular formula is C29H33NO4. The van der Waals surface area contributed by atoms with Gasteiger partial charge in [-0.15, -0.1) is 6.58 Å². The smallest absolute Gasteiger partial charge is 0.174 e. The van der Waals surface area contributed by atoms with Crippen LogP contribution in [0, 0.1) is 0 Å². The maximum absolute atomic E-state index is 13.3. The lowest BCUT2D eigenvalue weighted by atomic mass is 9.48. The van der Waals surface area contributed by atoms with Crippen LogP contribution < -0.4 is 9.47 Å². The summed E-state index contributed by atoms with van der Waals surface area (Å²) in [6, 6.07) is 14.9. The average Bonchev–Trinajstić information content (AvgIpc) is 3.22. The first-order valence-electron chi connectivity index (χ1n) is 12.6. The fourth-order valence-electron chi connectivity index (χ4n) is 7.39. The number of carbonyl (C=O) groups excluding carboxylic acids is 1. The van der Waals surface area contributed by atoms with Crippen molar-refractivity contribution in [3.63, 3.8) is 0 Å². The zero-order chi connectivity index (χ0) is 23.3. The first-order chi connectivity index (χ1) is 16.6. The molecule has 4 aliphatic rings. The van der Waals surface area contributed by atoms with E-state index in [4.69, 9.17) is 14.2 Å². The Labute approximate surface area is 201 Å². The number of nitrogens with zero attached hydrogens (tertiary/aromatic N) is 1. The number of hydrogen-bond acceptors (Lipinski definition) is 5. The van der Waals surface area contributed by atoms with Crippen LogP contribution in [-0.2, 0) is 27.8 Å². The monoisotopic (exact) mass is 459 g/mol. The minimum atomic E-state index is -0.492. The highest BCUT2D eigenvalue weighted by Crippen LogP contribution is 2.66. The minimum Gasteiger partial charge on any atom is -0.493 e. The molecule has 2 aliphatic heterocycles. The van der Waals surface area contributed by atoms with Gasteiger partial charge in [0.2, 0.25) is 0 Å². The summed E-state index contributed by atoms with van der Waals surface area (Å²) in [6.45, 7) is 6.43. The van der Waals surface area contributed by atoms with E-state index < -0.39 is 17.1 Å². The second kappa shape index (κ2) is 8.24. The SMILES string of the molecule is C=CCN1CC[C@]23c4c5ccc(OC)c4OC2C(=O)CC[C@@]3(OCCCc2ccccc2)[C@H]1C5. The number of ketones is 1.